The van der Waals surface area contributed by atoms with Crippen LogP contribution in [0.25, 0.3) is 10.9 Å². The normalized spacial score (nSPS) is 17.0. The van der Waals surface area contributed by atoms with Crippen LogP contribution in [0.4, 0.5) is 11.4 Å². The summed E-state index contributed by atoms with van der Waals surface area (Å²) in [6, 6.07) is 18.5. The molecule has 8 heteroatoms. The van der Waals surface area contributed by atoms with Crippen LogP contribution >= 0.6 is 11.6 Å². The van der Waals surface area contributed by atoms with Gasteiger partial charge in [0, 0.05) is 23.4 Å². The first kappa shape index (κ1) is 20.6. The zero-order valence-corrected chi connectivity index (χ0v) is 19.1. The Bertz CT molecular complexity index is 1590. The number of carbonyl (C=O) groups excluding carboxylic acids is 1. The number of halogens is 1. The standard InChI is InChI=1S/C26H20ClN5O2/c1-14-29-20-9-5-8-19(27)21(20)25(33)32(14)24-26(34)31-11-10-16-12-17(28)13-18(23(16)31)22(30-24)15-6-3-2-4-7-15/h2-9,12-13,24H,10-11,28H2,1H3. The smallest absolute Gasteiger partial charge is 0.272 e. The molecule has 1 amide bonds. The molecule has 1 unspecified atom stereocenters. The van der Waals surface area contributed by atoms with Gasteiger partial charge >= 0.3 is 0 Å². The van der Waals surface area contributed by atoms with Crippen LogP contribution in [0.5, 0.6) is 0 Å². The van der Waals surface area contributed by atoms with Crippen molar-refractivity contribution in [2.75, 3.05) is 17.2 Å². The van der Waals surface area contributed by atoms with E-state index in [-0.39, 0.29) is 16.3 Å². The number of nitrogens with zero attached hydrogens (tertiary/aromatic N) is 4. The van der Waals surface area contributed by atoms with Crippen LogP contribution < -0.4 is 16.2 Å². The fraction of sp³-hybridized carbons (Fsp3) is 0.154. The SMILES string of the molecule is Cc1nc2cccc(Cl)c2c(=O)n1C1N=C(c2ccccc2)c2cc(N)cc3c2N(CC3)C1=O. The summed E-state index contributed by atoms with van der Waals surface area (Å²) in [5.41, 5.74) is 11.0. The Balaban J connectivity index is 1.68. The number of aromatic nitrogens is 2. The molecule has 34 heavy (non-hydrogen) atoms. The van der Waals surface area contributed by atoms with E-state index in [9.17, 15) is 9.59 Å². The van der Waals surface area contributed by atoms with E-state index in [0.717, 1.165) is 22.4 Å². The Morgan fingerprint density at radius 1 is 1.06 bits per heavy atom. The molecule has 168 valence electrons. The lowest BCUT2D eigenvalue weighted by Gasteiger charge is -2.23. The van der Waals surface area contributed by atoms with Crippen LogP contribution in [0.2, 0.25) is 5.02 Å². The highest BCUT2D eigenvalue weighted by Gasteiger charge is 2.38. The van der Waals surface area contributed by atoms with E-state index >= 15 is 0 Å². The van der Waals surface area contributed by atoms with Crippen molar-refractivity contribution in [3.63, 3.8) is 0 Å². The Kier molecular flexibility index (Phi) is 4.57. The number of hydrogen-bond donors (Lipinski definition) is 1. The minimum absolute atomic E-state index is 0.271. The van der Waals surface area contributed by atoms with Crippen molar-refractivity contribution < 1.29 is 4.79 Å². The highest BCUT2D eigenvalue weighted by Crippen LogP contribution is 2.39. The van der Waals surface area contributed by atoms with Gasteiger partial charge in [0.2, 0.25) is 6.17 Å². The third kappa shape index (κ3) is 2.97. The molecule has 1 aromatic heterocycles. The van der Waals surface area contributed by atoms with Gasteiger partial charge in [-0.25, -0.2) is 9.98 Å². The Morgan fingerprint density at radius 2 is 1.85 bits per heavy atom. The molecule has 2 aliphatic heterocycles. The molecule has 7 nitrogen and oxygen atoms in total. The quantitative estimate of drug-likeness (QED) is 0.451. The van der Waals surface area contributed by atoms with Gasteiger partial charge < -0.3 is 10.6 Å². The van der Waals surface area contributed by atoms with E-state index in [1.54, 1.807) is 30.0 Å². The maximum absolute atomic E-state index is 13.9. The molecule has 3 aromatic carbocycles. The molecule has 0 spiro atoms. The second-order valence-electron chi connectivity index (χ2n) is 8.50. The molecule has 0 saturated carbocycles. The molecule has 0 fully saturated rings. The third-order valence-corrected chi connectivity index (χ3v) is 6.74. The van der Waals surface area contributed by atoms with E-state index in [1.807, 2.05) is 42.5 Å². The molecular weight excluding hydrogens is 450 g/mol. The largest absolute Gasteiger partial charge is 0.399 e. The first-order valence-electron chi connectivity index (χ1n) is 11.0. The highest BCUT2D eigenvalue weighted by atomic mass is 35.5. The van der Waals surface area contributed by atoms with Gasteiger partial charge in [-0.1, -0.05) is 48.0 Å². The summed E-state index contributed by atoms with van der Waals surface area (Å²) < 4.78 is 1.35. The van der Waals surface area contributed by atoms with Crippen molar-refractivity contribution in [3.05, 3.63) is 98.6 Å². The number of aliphatic imine (C=N–C) groups is 1. The molecule has 0 bridgehead atoms. The van der Waals surface area contributed by atoms with Crippen LogP contribution in [0, 0.1) is 6.92 Å². The third-order valence-electron chi connectivity index (χ3n) is 6.43. The summed E-state index contributed by atoms with van der Waals surface area (Å²) >= 11 is 6.38. The van der Waals surface area contributed by atoms with Gasteiger partial charge in [-0.15, -0.1) is 0 Å². The summed E-state index contributed by atoms with van der Waals surface area (Å²) in [4.78, 5) is 38.8. The number of nitrogens with two attached hydrogens (primary N) is 1. The van der Waals surface area contributed by atoms with Crippen molar-refractivity contribution in [2.24, 2.45) is 4.99 Å². The lowest BCUT2D eigenvalue weighted by atomic mass is 9.97. The maximum Gasteiger partial charge on any atom is 0.272 e. The average molecular weight is 470 g/mol. The van der Waals surface area contributed by atoms with E-state index < -0.39 is 11.7 Å². The molecule has 4 aromatic rings. The van der Waals surface area contributed by atoms with Crippen molar-refractivity contribution >= 4 is 45.5 Å². The lowest BCUT2D eigenvalue weighted by Crippen LogP contribution is -2.39. The van der Waals surface area contributed by atoms with Crippen molar-refractivity contribution in [1.82, 2.24) is 9.55 Å². The number of hydrogen-bond acceptors (Lipinski definition) is 5. The van der Waals surface area contributed by atoms with Crippen LogP contribution in [0.15, 0.2) is 70.5 Å². The summed E-state index contributed by atoms with van der Waals surface area (Å²) in [7, 11) is 0. The van der Waals surface area contributed by atoms with Gasteiger partial charge in [-0.05, 0) is 43.2 Å². The molecular formula is C26H20ClN5O2. The summed E-state index contributed by atoms with van der Waals surface area (Å²) in [6.45, 7) is 2.20. The molecule has 2 N–H and O–H groups in total. The average Bonchev–Trinajstić information content (AvgIpc) is 3.19. The zero-order valence-electron chi connectivity index (χ0n) is 18.3. The maximum atomic E-state index is 13.9. The molecule has 0 aliphatic carbocycles. The second kappa shape index (κ2) is 7.53. The van der Waals surface area contributed by atoms with Crippen LogP contribution in [-0.2, 0) is 11.2 Å². The number of fused-ring (bicyclic) bond motifs is 1. The number of carbonyl (C=O) groups is 1. The van der Waals surface area contributed by atoms with Crippen molar-refractivity contribution in [3.8, 4) is 0 Å². The number of aryl methyl sites for hydroxylation is 1. The minimum Gasteiger partial charge on any atom is -0.399 e. The highest BCUT2D eigenvalue weighted by molar-refractivity contribution is 6.35. The van der Waals surface area contributed by atoms with Crippen LogP contribution in [0.1, 0.15) is 28.7 Å². The van der Waals surface area contributed by atoms with Crippen molar-refractivity contribution in [2.45, 2.75) is 19.5 Å². The van der Waals surface area contributed by atoms with Gasteiger partial charge in [-0.2, -0.15) is 0 Å². The van der Waals surface area contributed by atoms with E-state index in [0.29, 0.717) is 35.7 Å². The second-order valence-corrected chi connectivity index (χ2v) is 8.91. The monoisotopic (exact) mass is 469 g/mol. The predicted molar refractivity (Wildman–Crippen MR) is 134 cm³/mol. The van der Waals surface area contributed by atoms with Crippen LogP contribution in [-0.4, -0.2) is 27.7 Å². The van der Waals surface area contributed by atoms with E-state index in [1.165, 1.54) is 4.57 Å². The summed E-state index contributed by atoms with van der Waals surface area (Å²) in [5.74, 6) is 0.105. The summed E-state index contributed by atoms with van der Waals surface area (Å²) in [5, 5.41) is 0.559. The summed E-state index contributed by atoms with van der Waals surface area (Å²) in [6.07, 6.45) is -0.445. The van der Waals surface area contributed by atoms with Gasteiger partial charge in [-0.3, -0.25) is 14.2 Å². The first-order valence-corrected chi connectivity index (χ1v) is 11.4. The van der Waals surface area contributed by atoms with Gasteiger partial charge in [0.05, 0.1) is 27.3 Å². The van der Waals surface area contributed by atoms with Gasteiger partial charge in [0.15, 0.2) is 0 Å². The number of amides is 1. The number of rotatable bonds is 2. The Hall–Kier alpha value is -3.97. The Labute approximate surface area is 200 Å². The molecule has 0 radical (unpaired) electrons. The fourth-order valence-electron chi connectivity index (χ4n) is 4.96. The molecule has 0 saturated heterocycles. The number of benzene rings is 3. The number of nitrogen functional groups attached to an aromatic ring is 1. The minimum atomic E-state index is -1.13. The van der Waals surface area contributed by atoms with E-state index in [4.69, 9.17) is 22.3 Å². The molecule has 6 rings (SSSR count). The predicted octanol–water partition coefficient (Wildman–Crippen LogP) is 3.88. The number of anilines is 2. The lowest BCUT2D eigenvalue weighted by molar-refractivity contribution is -0.121. The molecule has 2 aliphatic rings. The molecule has 1 atom stereocenters. The zero-order chi connectivity index (χ0) is 23.6. The topological polar surface area (TPSA) is 93.6 Å². The van der Waals surface area contributed by atoms with E-state index in [2.05, 4.69) is 4.98 Å². The van der Waals surface area contributed by atoms with Crippen molar-refractivity contribution in [1.29, 1.82) is 0 Å². The van der Waals surface area contributed by atoms with Gasteiger partial charge in [0.1, 0.15) is 5.82 Å². The Morgan fingerprint density at radius 3 is 2.65 bits per heavy atom. The fourth-order valence-corrected chi connectivity index (χ4v) is 5.21. The first-order chi connectivity index (χ1) is 16.4. The van der Waals surface area contributed by atoms with Crippen LogP contribution in [0.3, 0.4) is 0 Å². The molecule has 3 heterocycles. The van der Waals surface area contributed by atoms with Gasteiger partial charge in [0.25, 0.3) is 11.5 Å².